The van der Waals surface area contributed by atoms with Gasteiger partial charge in [0, 0.05) is 30.1 Å². The van der Waals surface area contributed by atoms with E-state index in [1.165, 1.54) is 4.88 Å². The van der Waals surface area contributed by atoms with E-state index < -0.39 is 17.6 Å². The highest BCUT2D eigenvalue weighted by Gasteiger charge is 2.30. The third kappa shape index (κ3) is 7.04. The number of nitrogens with zero attached hydrogens (tertiary/aromatic N) is 2. The van der Waals surface area contributed by atoms with Crippen molar-refractivity contribution >= 4 is 23.2 Å². The second-order valence-electron chi connectivity index (χ2n) is 6.20. The molecule has 3 N–H and O–H groups in total. The zero-order valence-corrected chi connectivity index (χ0v) is 17.3. The lowest BCUT2D eigenvalue weighted by atomic mass is 10.1. The van der Waals surface area contributed by atoms with Crippen LogP contribution in [0.15, 0.2) is 29.3 Å². The van der Waals surface area contributed by atoms with Crippen LogP contribution in [-0.4, -0.2) is 36.5 Å². The van der Waals surface area contributed by atoms with Gasteiger partial charge in [-0.1, -0.05) is 0 Å². The first-order valence-corrected chi connectivity index (χ1v) is 9.93. The van der Waals surface area contributed by atoms with E-state index in [9.17, 15) is 18.0 Å². The van der Waals surface area contributed by atoms with Crippen molar-refractivity contribution in [3.63, 3.8) is 0 Å². The van der Waals surface area contributed by atoms with Crippen molar-refractivity contribution in [1.82, 2.24) is 20.9 Å². The molecule has 1 aromatic carbocycles. The number of rotatable bonds is 7. The highest BCUT2D eigenvalue weighted by Crippen LogP contribution is 2.29. The van der Waals surface area contributed by atoms with Crippen LogP contribution in [0.2, 0.25) is 0 Å². The summed E-state index contributed by atoms with van der Waals surface area (Å²) in [5, 5.41) is 9.80. The number of aryl methyl sites for hydroxylation is 2. The standard InChI is InChI=1S/C19H24F3N5OS/c1-4-23-18(26-11-16-27-12(2)13(3)29-16)25-10-9-24-17(28)14-5-7-15(8-6-14)19(20,21)22/h5-8H,4,9-11H2,1-3H3,(H,24,28)(H2,23,25,26). The molecule has 0 spiro atoms. The lowest BCUT2D eigenvalue weighted by Gasteiger charge is -2.12. The van der Waals surface area contributed by atoms with Gasteiger partial charge in [0.05, 0.1) is 17.8 Å². The predicted molar refractivity (Wildman–Crippen MR) is 108 cm³/mol. The van der Waals surface area contributed by atoms with Crippen molar-refractivity contribution in [2.75, 3.05) is 19.6 Å². The smallest absolute Gasteiger partial charge is 0.357 e. The summed E-state index contributed by atoms with van der Waals surface area (Å²) in [6.07, 6.45) is -4.42. The van der Waals surface area contributed by atoms with Gasteiger partial charge in [-0.15, -0.1) is 11.3 Å². The molecule has 158 valence electrons. The van der Waals surface area contributed by atoms with Gasteiger partial charge in [-0.3, -0.25) is 4.79 Å². The Balaban J connectivity index is 1.81. The first-order valence-electron chi connectivity index (χ1n) is 9.11. The maximum absolute atomic E-state index is 12.6. The van der Waals surface area contributed by atoms with E-state index in [0.29, 0.717) is 32.1 Å². The molecule has 1 aromatic heterocycles. The van der Waals surface area contributed by atoms with Gasteiger partial charge in [0.1, 0.15) is 5.01 Å². The number of nitrogens with one attached hydrogen (secondary N) is 3. The van der Waals surface area contributed by atoms with Gasteiger partial charge < -0.3 is 16.0 Å². The fourth-order valence-corrected chi connectivity index (χ4v) is 3.22. The molecule has 0 saturated carbocycles. The van der Waals surface area contributed by atoms with Gasteiger partial charge in [0.15, 0.2) is 5.96 Å². The first kappa shape index (κ1) is 22.7. The van der Waals surface area contributed by atoms with Crippen LogP contribution in [0.4, 0.5) is 13.2 Å². The van der Waals surface area contributed by atoms with Crippen molar-refractivity contribution in [3.8, 4) is 0 Å². The molecule has 0 aliphatic carbocycles. The second-order valence-corrected chi connectivity index (χ2v) is 7.49. The average molecular weight is 427 g/mol. The van der Waals surface area contributed by atoms with Gasteiger partial charge in [-0.05, 0) is 45.0 Å². The minimum Gasteiger partial charge on any atom is -0.357 e. The fourth-order valence-electron chi connectivity index (χ4n) is 2.36. The molecule has 0 aliphatic heterocycles. The Kier molecular flexibility index (Phi) is 8.00. The zero-order chi connectivity index (χ0) is 21.4. The minimum atomic E-state index is -4.42. The van der Waals surface area contributed by atoms with E-state index in [4.69, 9.17) is 0 Å². The van der Waals surface area contributed by atoms with Crippen LogP contribution in [0.1, 0.15) is 38.4 Å². The number of alkyl halides is 3. The van der Waals surface area contributed by atoms with Gasteiger partial charge >= 0.3 is 6.18 Å². The Morgan fingerprint density at radius 3 is 2.31 bits per heavy atom. The summed E-state index contributed by atoms with van der Waals surface area (Å²) in [6, 6.07) is 4.11. The molecule has 1 heterocycles. The van der Waals surface area contributed by atoms with Crippen LogP contribution in [0.3, 0.4) is 0 Å². The van der Waals surface area contributed by atoms with Crippen molar-refractivity contribution in [1.29, 1.82) is 0 Å². The van der Waals surface area contributed by atoms with Crippen LogP contribution >= 0.6 is 11.3 Å². The largest absolute Gasteiger partial charge is 0.416 e. The number of guanidine groups is 1. The molecule has 2 aromatic rings. The average Bonchev–Trinajstić information content (AvgIpc) is 3.00. The Morgan fingerprint density at radius 2 is 1.76 bits per heavy atom. The quantitative estimate of drug-likeness (QED) is 0.360. The number of thiazole rings is 1. The summed E-state index contributed by atoms with van der Waals surface area (Å²) in [7, 11) is 0. The van der Waals surface area contributed by atoms with Crippen molar-refractivity contribution in [2.45, 2.75) is 33.5 Å². The predicted octanol–water partition coefficient (Wildman–Crippen LogP) is 3.26. The number of benzene rings is 1. The summed E-state index contributed by atoms with van der Waals surface area (Å²) >= 11 is 1.61. The molecule has 0 unspecified atom stereocenters. The molecule has 29 heavy (non-hydrogen) atoms. The molecule has 1 amide bonds. The molecule has 0 aliphatic rings. The summed E-state index contributed by atoms with van der Waals surface area (Å²) in [5.41, 5.74) is 0.394. The van der Waals surface area contributed by atoms with Crippen molar-refractivity contribution in [3.05, 3.63) is 51.0 Å². The van der Waals surface area contributed by atoms with Gasteiger partial charge in [-0.2, -0.15) is 13.2 Å². The summed E-state index contributed by atoms with van der Waals surface area (Å²) in [5.74, 6) is 0.165. The Bertz CT molecular complexity index is 827. The van der Waals surface area contributed by atoms with Crippen LogP contribution in [0.5, 0.6) is 0 Å². The van der Waals surface area contributed by atoms with E-state index in [-0.39, 0.29) is 5.56 Å². The lowest BCUT2D eigenvalue weighted by molar-refractivity contribution is -0.137. The minimum absolute atomic E-state index is 0.174. The molecule has 6 nitrogen and oxygen atoms in total. The molecule has 10 heteroatoms. The normalized spacial score (nSPS) is 12.0. The van der Waals surface area contributed by atoms with E-state index in [2.05, 4.69) is 25.9 Å². The van der Waals surface area contributed by atoms with Crippen molar-refractivity contribution in [2.24, 2.45) is 4.99 Å². The molecule has 2 rings (SSSR count). The monoisotopic (exact) mass is 427 g/mol. The number of hydrogen-bond donors (Lipinski definition) is 3. The number of aromatic nitrogens is 1. The molecule has 0 radical (unpaired) electrons. The topological polar surface area (TPSA) is 78.4 Å². The number of carbonyl (C=O) groups excluding carboxylic acids is 1. The van der Waals surface area contributed by atoms with Crippen LogP contribution in [0, 0.1) is 13.8 Å². The Morgan fingerprint density at radius 1 is 1.10 bits per heavy atom. The maximum Gasteiger partial charge on any atom is 0.416 e. The summed E-state index contributed by atoms with van der Waals surface area (Å²) in [6.45, 7) is 7.76. The number of carbonyl (C=O) groups is 1. The Labute approximate surface area is 171 Å². The zero-order valence-electron chi connectivity index (χ0n) is 16.5. The third-order valence-electron chi connectivity index (χ3n) is 3.97. The van der Waals surface area contributed by atoms with Crippen molar-refractivity contribution < 1.29 is 18.0 Å². The highest BCUT2D eigenvalue weighted by molar-refractivity contribution is 7.11. The van der Waals surface area contributed by atoms with Gasteiger partial charge in [-0.25, -0.2) is 9.98 Å². The first-order chi connectivity index (χ1) is 13.7. The number of amides is 1. The lowest BCUT2D eigenvalue weighted by Crippen LogP contribution is -2.41. The Hall–Kier alpha value is -2.62. The van der Waals surface area contributed by atoms with Gasteiger partial charge in [0.25, 0.3) is 5.91 Å². The molecular weight excluding hydrogens is 403 g/mol. The van der Waals surface area contributed by atoms with Crippen LogP contribution < -0.4 is 16.0 Å². The number of aliphatic imine (C=N–C) groups is 1. The van der Waals surface area contributed by atoms with E-state index in [1.807, 2.05) is 20.8 Å². The summed E-state index contributed by atoms with van der Waals surface area (Å²) in [4.78, 5) is 22.1. The van der Waals surface area contributed by atoms with Gasteiger partial charge in [0.2, 0.25) is 0 Å². The molecule has 0 atom stereocenters. The van der Waals surface area contributed by atoms with Crippen LogP contribution in [-0.2, 0) is 12.7 Å². The SMILES string of the molecule is CCNC(=NCc1nc(C)c(C)s1)NCCNC(=O)c1ccc(C(F)(F)F)cc1. The fraction of sp³-hybridized carbons (Fsp3) is 0.421. The van der Waals surface area contributed by atoms with E-state index in [1.54, 1.807) is 11.3 Å². The molecular formula is C19H24F3N5OS. The maximum atomic E-state index is 12.6. The number of halogens is 3. The summed E-state index contributed by atoms with van der Waals surface area (Å²) < 4.78 is 37.7. The van der Waals surface area contributed by atoms with Crippen LogP contribution in [0.25, 0.3) is 0 Å². The second kappa shape index (κ2) is 10.2. The van der Waals surface area contributed by atoms with E-state index >= 15 is 0 Å². The molecule has 0 bridgehead atoms. The third-order valence-corrected chi connectivity index (χ3v) is 5.02. The number of hydrogen-bond acceptors (Lipinski definition) is 4. The molecule has 0 fully saturated rings. The molecule has 0 saturated heterocycles. The highest BCUT2D eigenvalue weighted by atomic mass is 32.1. The van der Waals surface area contributed by atoms with E-state index in [0.717, 1.165) is 35.0 Å².